The Labute approximate surface area is 133 Å². The summed E-state index contributed by atoms with van der Waals surface area (Å²) in [4.78, 5) is 17.4. The number of rotatable bonds is 3. The Balaban J connectivity index is 1.68. The first-order valence-corrected chi connectivity index (χ1v) is 9.16. The van der Waals surface area contributed by atoms with Crippen LogP contribution in [0.3, 0.4) is 0 Å². The molecule has 23 heavy (non-hydrogen) atoms. The number of sulfone groups is 1. The van der Waals surface area contributed by atoms with Crippen molar-refractivity contribution in [2.75, 3.05) is 13.1 Å². The molecule has 5 nitrogen and oxygen atoms in total. The van der Waals surface area contributed by atoms with E-state index in [-0.39, 0.29) is 30.3 Å². The predicted molar refractivity (Wildman–Crippen MR) is 78.7 cm³/mol. The third-order valence-electron chi connectivity index (χ3n) is 4.58. The van der Waals surface area contributed by atoms with Gasteiger partial charge in [0.1, 0.15) is 0 Å². The molecule has 0 bridgehead atoms. The van der Waals surface area contributed by atoms with E-state index in [2.05, 4.69) is 4.98 Å². The molecule has 0 spiro atoms. The molecule has 3 rings (SSSR count). The summed E-state index contributed by atoms with van der Waals surface area (Å²) in [6, 6.07) is 4.67. The normalized spacial score (nSPS) is 27.3. The average molecular weight is 344 g/mol. The van der Waals surface area contributed by atoms with Crippen molar-refractivity contribution in [3.63, 3.8) is 0 Å². The Hall–Kier alpha value is -1.57. The first kappa shape index (κ1) is 16.3. The number of nitrogens with zero attached hydrogens (tertiary/aromatic N) is 2. The number of pyridine rings is 1. The summed E-state index contributed by atoms with van der Waals surface area (Å²) < 4.78 is 51.5. The molecule has 2 aliphatic rings. The van der Waals surface area contributed by atoms with E-state index in [0.29, 0.717) is 12.8 Å². The smallest absolute Gasteiger partial charge is 0.267 e. The van der Waals surface area contributed by atoms with Gasteiger partial charge in [0, 0.05) is 25.1 Å². The van der Waals surface area contributed by atoms with E-state index in [1.165, 1.54) is 17.2 Å². The van der Waals surface area contributed by atoms with Crippen molar-refractivity contribution in [2.24, 2.45) is 5.92 Å². The van der Waals surface area contributed by atoms with Crippen LogP contribution >= 0.6 is 0 Å². The number of halogens is 2. The van der Waals surface area contributed by atoms with Crippen LogP contribution in [0.4, 0.5) is 8.78 Å². The average Bonchev–Trinajstić information content (AvgIpc) is 3.14. The molecule has 2 atom stereocenters. The molecular formula is C15H18F2N2O3S. The van der Waals surface area contributed by atoms with Gasteiger partial charge in [-0.3, -0.25) is 4.79 Å². The summed E-state index contributed by atoms with van der Waals surface area (Å²) in [6.07, 6.45) is 2.05. The lowest BCUT2D eigenvalue weighted by molar-refractivity contribution is -0.135. The van der Waals surface area contributed by atoms with Crippen LogP contribution in [0.2, 0.25) is 0 Å². The van der Waals surface area contributed by atoms with E-state index in [9.17, 15) is 22.0 Å². The minimum absolute atomic E-state index is 0.00537. The van der Waals surface area contributed by atoms with Crippen LogP contribution in [0.15, 0.2) is 29.4 Å². The molecule has 1 aromatic rings. The lowest BCUT2D eigenvalue weighted by atomic mass is 10.1. The molecule has 0 N–H and O–H groups in total. The van der Waals surface area contributed by atoms with Crippen molar-refractivity contribution < 1.29 is 22.0 Å². The summed E-state index contributed by atoms with van der Waals surface area (Å²) in [5, 5.41) is -0.666. The maximum atomic E-state index is 13.2. The molecular weight excluding hydrogens is 326 g/mol. The van der Waals surface area contributed by atoms with Crippen molar-refractivity contribution in [3.05, 3.63) is 24.4 Å². The fourth-order valence-electron chi connectivity index (χ4n) is 3.31. The topological polar surface area (TPSA) is 67.3 Å². The molecule has 0 aromatic carbocycles. The van der Waals surface area contributed by atoms with Crippen molar-refractivity contribution in [1.82, 2.24) is 9.88 Å². The van der Waals surface area contributed by atoms with Gasteiger partial charge < -0.3 is 4.90 Å². The van der Waals surface area contributed by atoms with Crippen LogP contribution in [0.25, 0.3) is 0 Å². The Kier molecular flexibility index (Phi) is 4.12. The summed E-state index contributed by atoms with van der Waals surface area (Å²) >= 11 is 0. The van der Waals surface area contributed by atoms with Crippen LogP contribution in [0, 0.1) is 5.92 Å². The first-order valence-electron chi connectivity index (χ1n) is 7.61. The van der Waals surface area contributed by atoms with Crippen molar-refractivity contribution in [1.29, 1.82) is 0 Å². The number of hydrogen-bond donors (Lipinski definition) is 0. The number of alkyl halides is 2. The number of aromatic nitrogens is 1. The zero-order valence-corrected chi connectivity index (χ0v) is 13.3. The summed E-state index contributed by atoms with van der Waals surface area (Å²) in [7, 11) is -3.58. The molecule has 1 amide bonds. The van der Waals surface area contributed by atoms with Crippen LogP contribution in [-0.4, -0.2) is 48.5 Å². The molecule has 8 heteroatoms. The largest absolute Gasteiger partial charge is 0.336 e. The fraction of sp³-hybridized carbons (Fsp3) is 0.600. The first-order chi connectivity index (χ1) is 10.8. The highest BCUT2D eigenvalue weighted by atomic mass is 32.2. The minimum atomic E-state index is -3.58. The molecule has 126 valence electrons. The molecule has 0 unspecified atom stereocenters. The molecule has 1 saturated heterocycles. The van der Waals surface area contributed by atoms with Gasteiger partial charge in [0.25, 0.3) is 5.92 Å². The van der Waals surface area contributed by atoms with E-state index in [1.54, 1.807) is 12.1 Å². The highest BCUT2D eigenvalue weighted by Crippen LogP contribution is 2.36. The number of likely N-dealkylation sites (tertiary alicyclic amines) is 1. The second-order valence-electron chi connectivity index (χ2n) is 6.21. The Bertz CT molecular complexity index is 694. The van der Waals surface area contributed by atoms with Crippen molar-refractivity contribution in [3.8, 4) is 0 Å². The Morgan fingerprint density at radius 1 is 1.30 bits per heavy atom. The predicted octanol–water partition coefficient (Wildman–Crippen LogP) is 1.89. The third kappa shape index (κ3) is 3.22. The van der Waals surface area contributed by atoms with Gasteiger partial charge in [0.05, 0.1) is 11.8 Å². The van der Waals surface area contributed by atoms with E-state index in [4.69, 9.17) is 0 Å². The molecule has 1 aromatic heterocycles. The van der Waals surface area contributed by atoms with E-state index in [1.807, 2.05) is 0 Å². The van der Waals surface area contributed by atoms with Crippen LogP contribution in [0.5, 0.6) is 0 Å². The molecule has 0 radical (unpaired) electrons. The second-order valence-corrected chi connectivity index (χ2v) is 8.39. The molecule has 1 aliphatic carbocycles. The van der Waals surface area contributed by atoms with E-state index in [0.717, 1.165) is 0 Å². The minimum Gasteiger partial charge on any atom is -0.336 e. The summed E-state index contributed by atoms with van der Waals surface area (Å²) in [5.74, 6) is -3.67. The number of amides is 1. The molecule has 2 fully saturated rings. The summed E-state index contributed by atoms with van der Waals surface area (Å²) in [5.41, 5.74) is 0. The van der Waals surface area contributed by atoms with Crippen molar-refractivity contribution >= 4 is 15.7 Å². The zero-order valence-electron chi connectivity index (χ0n) is 12.5. The van der Waals surface area contributed by atoms with Gasteiger partial charge >= 0.3 is 0 Å². The van der Waals surface area contributed by atoms with Crippen LogP contribution < -0.4 is 0 Å². The van der Waals surface area contributed by atoms with Gasteiger partial charge in [-0.15, -0.1) is 0 Å². The van der Waals surface area contributed by atoms with Gasteiger partial charge in [0.15, 0.2) is 14.9 Å². The van der Waals surface area contributed by atoms with Gasteiger partial charge in [-0.2, -0.15) is 0 Å². The van der Waals surface area contributed by atoms with Crippen LogP contribution in [0.1, 0.15) is 25.7 Å². The Morgan fingerprint density at radius 3 is 2.70 bits per heavy atom. The van der Waals surface area contributed by atoms with E-state index < -0.39 is 33.5 Å². The third-order valence-corrected chi connectivity index (χ3v) is 6.71. The zero-order chi connectivity index (χ0) is 16.7. The maximum absolute atomic E-state index is 13.2. The highest BCUT2D eigenvalue weighted by molar-refractivity contribution is 7.92. The quantitative estimate of drug-likeness (QED) is 0.840. The monoisotopic (exact) mass is 344 g/mol. The van der Waals surface area contributed by atoms with Gasteiger partial charge in [-0.05, 0) is 31.4 Å². The molecule has 2 heterocycles. The number of carbonyl (C=O) groups excluding carboxylic acids is 1. The lowest BCUT2D eigenvalue weighted by Gasteiger charge is -2.20. The van der Waals surface area contributed by atoms with Gasteiger partial charge in [-0.25, -0.2) is 22.2 Å². The molecule has 1 saturated carbocycles. The van der Waals surface area contributed by atoms with E-state index >= 15 is 0 Å². The standard InChI is InChI=1S/C15H18F2N2O3S/c16-15(17)6-8-19(10-15)14(20)11-4-5-12(9-11)23(21,22)13-3-1-2-7-18-13/h1-3,7,11-12H,4-6,8-10H2/t11-,12+/m1/s1. The fourth-order valence-corrected chi connectivity index (χ4v) is 5.06. The SMILES string of the molecule is O=C([C@@H]1CC[C@H](S(=O)(=O)c2ccccn2)C1)N1CCC(F)(F)C1. The van der Waals surface area contributed by atoms with Crippen molar-refractivity contribution in [2.45, 2.75) is 41.9 Å². The van der Waals surface area contributed by atoms with Crippen LogP contribution in [-0.2, 0) is 14.6 Å². The Morgan fingerprint density at radius 2 is 2.09 bits per heavy atom. The summed E-state index contributed by atoms with van der Waals surface area (Å²) in [6.45, 7) is -0.514. The number of hydrogen-bond acceptors (Lipinski definition) is 4. The lowest BCUT2D eigenvalue weighted by Crippen LogP contribution is -2.35. The van der Waals surface area contributed by atoms with Gasteiger partial charge in [0.2, 0.25) is 5.91 Å². The van der Waals surface area contributed by atoms with Gasteiger partial charge in [-0.1, -0.05) is 6.07 Å². The second kappa shape index (κ2) is 5.81. The maximum Gasteiger partial charge on any atom is 0.267 e. The number of carbonyl (C=O) groups is 1. The highest BCUT2D eigenvalue weighted by Gasteiger charge is 2.45. The molecule has 1 aliphatic heterocycles.